The van der Waals surface area contributed by atoms with Gasteiger partial charge in [0.15, 0.2) is 0 Å². The minimum Gasteiger partial charge on any atom is -0.497 e. The van der Waals surface area contributed by atoms with Crippen molar-refractivity contribution in [2.45, 2.75) is 32.4 Å². The molecule has 0 saturated carbocycles. The van der Waals surface area contributed by atoms with Crippen molar-refractivity contribution >= 4 is 28.1 Å². The van der Waals surface area contributed by atoms with Crippen molar-refractivity contribution in [1.29, 1.82) is 0 Å². The third kappa shape index (κ3) is 4.05. The second-order valence-corrected chi connectivity index (χ2v) is 8.34. The number of carbonyl (C=O) groups is 1. The molecule has 1 amide bonds. The topological polar surface area (TPSA) is 70.2 Å². The summed E-state index contributed by atoms with van der Waals surface area (Å²) in [6.45, 7) is 4.51. The molecule has 0 radical (unpaired) electrons. The standard InChI is InChI=1S/C21H26N4O2S/c1-14(26)24-20(21-22-7-9-28-21)15-4-3-8-25(12-15)13-16-11-23-19-10-17(27-2)5-6-18(16)19/h5-7,9-11,15,20,23H,3-4,8,12-13H2,1-2H3,(H,24,26)/t15-,20+/m0/s1. The number of hydrogen-bond acceptors (Lipinski definition) is 5. The van der Waals surface area contributed by atoms with Gasteiger partial charge in [-0.3, -0.25) is 9.69 Å². The van der Waals surface area contributed by atoms with E-state index in [-0.39, 0.29) is 11.9 Å². The molecule has 0 unspecified atom stereocenters. The van der Waals surface area contributed by atoms with Gasteiger partial charge < -0.3 is 15.0 Å². The van der Waals surface area contributed by atoms with Crippen LogP contribution in [0.5, 0.6) is 5.75 Å². The molecular formula is C21H26N4O2S. The number of aromatic nitrogens is 2. The van der Waals surface area contributed by atoms with Crippen LogP contribution in [0.15, 0.2) is 36.0 Å². The van der Waals surface area contributed by atoms with Crippen molar-refractivity contribution in [2.24, 2.45) is 5.92 Å². The number of ether oxygens (including phenoxy) is 1. The summed E-state index contributed by atoms with van der Waals surface area (Å²) in [5.41, 5.74) is 2.39. The number of aromatic amines is 1. The van der Waals surface area contributed by atoms with Crippen molar-refractivity contribution in [1.82, 2.24) is 20.2 Å². The first kappa shape index (κ1) is 19.0. The van der Waals surface area contributed by atoms with Crippen molar-refractivity contribution in [3.8, 4) is 5.75 Å². The first-order valence-corrected chi connectivity index (χ1v) is 10.5. The van der Waals surface area contributed by atoms with E-state index < -0.39 is 0 Å². The SMILES string of the molecule is COc1ccc2c(CN3CCC[C@H]([C@@H](NC(C)=O)c4nccs4)C3)c[nH]c2c1. The van der Waals surface area contributed by atoms with Gasteiger partial charge in [-0.25, -0.2) is 4.98 Å². The van der Waals surface area contributed by atoms with Gasteiger partial charge in [0.2, 0.25) is 5.91 Å². The predicted molar refractivity (Wildman–Crippen MR) is 112 cm³/mol. The lowest BCUT2D eigenvalue weighted by molar-refractivity contribution is -0.120. The summed E-state index contributed by atoms with van der Waals surface area (Å²) in [6, 6.07) is 6.16. The van der Waals surface area contributed by atoms with Gasteiger partial charge in [-0.15, -0.1) is 11.3 Å². The molecule has 1 fully saturated rings. The number of fused-ring (bicyclic) bond motifs is 1. The Bertz CT molecular complexity index is 937. The molecule has 4 rings (SSSR count). The van der Waals surface area contributed by atoms with Gasteiger partial charge in [0.05, 0.1) is 13.2 Å². The molecule has 28 heavy (non-hydrogen) atoms. The fourth-order valence-corrected chi connectivity index (χ4v) is 4.94. The van der Waals surface area contributed by atoms with Crippen molar-refractivity contribution in [2.75, 3.05) is 20.2 Å². The van der Waals surface area contributed by atoms with Gasteiger partial charge in [0.25, 0.3) is 0 Å². The fourth-order valence-electron chi connectivity index (χ4n) is 4.16. The number of H-pyrrole nitrogens is 1. The number of carbonyl (C=O) groups excluding carboxylic acids is 1. The Morgan fingerprint density at radius 2 is 2.39 bits per heavy atom. The summed E-state index contributed by atoms with van der Waals surface area (Å²) >= 11 is 1.62. The second kappa shape index (κ2) is 8.32. The van der Waals surface area contributed by atoms with E-state index in [2.05, 4.69) is 32.4 Å². The first-order chi connectivity index (χ1) is 13.6. The van der Waals surface area contributed by atoms with Crippen LogP contribution in [-0.2, 0) is 11.3 Å². The van der Waals surface area contributed by atoms with E-state index >= 15 is 0 Å². The maximum absolute atomic E-state index is 11.8. The van der Waals surface area contributed by atoms with E-state index in [1.165, 1.54) is 10.9 Å². The molecule has 6 nitrogen and oxygen atoms in total. The molecule has 1 aliphatic heterocycles. The quantitative estimate of drug-likeness (QED) is 0.664. The number of amides is 1. The Labute approximate surface area is 168 Å². The van der Waals surface area contributed by atoms with Crippen molar-refractivity contribution in [3.63, 3.8) is 0 Å². The highest BCUT2D eigenvalue weighted by Gasteiger charge is 2.30. The number of likely N-dealkylation sites (tertiary alicyclic amines) is 1. The van der Waals surface area contributed by atoms with E-state index in [1.807, 2.05) is 23.7 Å². The number of thiazole rings is 1. The van der Waals surface area contributed by atoms with Gasteiger partial charge in [-0.1, -0.05) is 0 Å². The second-order valence-electron chi connectivity index (χ2n) is 7.41. The Kier molecular flexibility index (Phi) is 5.64. The van der Waals surface area contributed by atoms with E-state index in [9.17, 15) is 4.79 Å². The van der Waals surface area contributed by atoms with Crippen LogP contribution in [0, 0.1) is 5.92 Å². The smallest absolute Gasteiger partial charge is 0.217 e. The van der Waals surface area contributed by atoms with Gasteiger partial charge in [0.1, 0.15) is 10.8 Å². The summed E-state index contributed by atoms with van der Waals surface area (Å²) in [7, 11) is 1.69. The lowest BCUT2D eigenvalue weighted by Crippen LogP contribution is -2.42. The van der Waals surface area contributed by atoms with E-state index in [4.69, 9.17) is 4.74 Å². The number of hydrogen-bond donors (Lipinski definition) is 2. The Morgan fingerprint density at radius 1 is 1.50 bits per heavy atom. The van der Waals surface area contributed by atoms with E-state index in [0.717, 1.165) is 48.7 Å². The van der Waals surface area contributed by atoms with Crippen molar-refractivity contribution < 1.29 is 9.53 Å². The zero-order chi connectivity index (χ0) is 19.5. The third-order valence-electron chi connectivity index (χ3n) is 5.46. The zero-order valence-corrected chi connectivity index (χ0v) is 17.1. The summed E-state index contributed by atoms with van der Waals surface area (Å²) in [5, 5.41) is 7.35. The molecule has 1 aromatic carbocycles. The molecule has 3 heterocycles. The highest BCUT2D eigenvalue weighted by molar-refractivity contribution is 7.09. The molecule has 0 bridgehead atoms. The first-order valence-electron chi connectivity index (χ1n) is 9.67. The zero-order valence-electron chi connectivity index (χ0n) is 16.3. The highest BCUT2D eigenvalue weighted by atomic mass is 32.1. The van der Waals surface area contributed by atoms with Gasteiger partial charge in [-0.2, -0.15) is 0 Å². The number of piperidine rings is 1. The van der Waals surface area contributed by atoms with Crippen LogP contribution in [-0.4, -0.2) is 41.0 Å². The summed E-state index contributed by atoms with van der Waals surface area (Å²) in [6.07, 6.45) is 6.14. The van der Waals surface area contributed by atoms with Crippen LogP contribution >= 0.6 is 11.3 Å². The van der Waals surface area contributed by atoms with E-state index in [0.29, 0.717) is 5.92 Å². The molecule has 1 aliphatic rings. The number of methoxy groups -OCH3 is 1. The third-order valence-corrected chi connectivity index (χ3v) is 6.32. The lowest BCUT2D eigenvalue weighted by atomic mass is 9.90. The molecular weight excluding hydrogens is 372 g/mol. The average molecular weight is 399 g/mol. The van der Waals surface area contributed by atoms with E-state index in [1.54, 1.807) is 25.4 Å². The van der Waals surface area contributed by atoms with Crippen LogP contribution < -0.4 is 10.1 Å². The molecule has 0 aliphatic carbocycles. The number of benzene rings is 1. The summed E-state index contributed by atoms with van der Waals surface area (Å²) in [4.78, 5) is 22.1. The summed E-state index contributed by atoms with van der Waals surface area (Å²) < 4.78 is 5.32. The minimum atomic E-state index is -0.00692. The number of nitrogens with one attached hydrogen (secondary N) is 2. The molecule has 1 saturated heterocycles. The normalized spacial score (nSPS) is 18.9. The average Bonchev–Trinajstić information content (AvgIpc) is 3.36. The molecule has 3 aromatic rings. The predicted octanol–water partition coefficient (Wildman–Crippen LogP) is 3.72. The van der Waals surface area contributed by atoms with Gasteiger partial charge in [0, 0.05) is 54.8 Å². The fraction of sp³-hybridized carbons (Fsp3) is 0.429. The lowest BCUT2D eigenvalue weighted by Gasteiger charge is -2.36. The van der Waals surface area contributed by atoms with Crippen molar-refractivity contribution in [3.05, 3.63) is 46.5 Å². The minimum absolute atomic E-state index is 0.00268. The molecule has 2 atom stereocenters. The Hall–Kier alpha value is -2.38. The van der Waals surface area contributed by atoms with Crippen LogP contribution in [0.2, 0.25) is 0 Å². The monoisotopic (exact) mass is 398 g/mol. The van der Waals surface area contributed by atoms with Crippen LogP contribution in [0.1, 0.15) is 36.4 Å². The summed E-state index contributed by atoms with van der Waals surface area (Å²) in [5.74, 6) is 1.23. The molecule has 2 N–H and O–H groups in total. The van der Waals surface area contributed by atoms with Crippen LogP contribution in [0.25, 0.3) is 10.9 Å². The van der Waals surface area contributed by atoms with Gasteiger partial charge in [-0.05, 0) is 43.0 Å². The maximum atomic E-state index is 11.8. The maximum Gasteiger partial charge on any atom is 0.217 e. The van der Waals surface area contributed by atoms with Crippen LogP contribution in [0.4, 0.5) is 0 Å². The Balaban J connectivity index is 1.50. The molecule has 0 spiro atoms. The van der Waals surface area contributed by atoms with Crippen LogP contribution in [0.3, 0.4) is 0 Å². The largest absolute Gasteiger partial charge is 0.497 e. The molecule has 2 aromatic heterocycles. The number of rotatable bonds is 6. The molecule has 7 heteroatoms. The highest BCUT2D eigenvalue weighted by Crippen LogP contribution is 2.32. The van der Waals surface area contributed by atoms with Gasteiger partial charge >= 0.3 is 0 Å². The Morgan fingerprint density at radius 3 is 3.14 bits per heavy atom. The number of nitrogens with zero attached hydrogens (tertiary/aromatic N) is 2. The molecule has 148 valence electrons.